The standard InChI is InChI=1S/C25H28FN3O4.C25H26FN3O3.CH4.Na/c1-25(2,3)24-28-22(16-4-6-18(26)7-5-16)23(17-8-11-27-12-9-17)29(24)13-10-19(30)14-20(31)15-21(32)33;1-25(2,3)24-28-22(16-4-6-18(26)7-5-16)23(17-8-11-27-12-9-17)29(24)13-10-20-14-19(30)15-21(31)32-20;;/h4-13,19-20,30-31H,14-15H2,1-3H3,(H,32,33);4-13,19-20,30H,14-15H2,1-3H3;1H4;/q;;;+1/p-1/b2*13-10+;;/t2*19-,20-;;/m11../s1. The number of cyclic esters (lactones) is 1. The molecule has 0 saturated carbocycles. The molecule has 67 heavy (non-hydrogen) atoms. The number of halogens is 2. The first-order chi connectivity index (χ1) is 30.8. The molecular weight excluding hydrogens is 870 g/mol. The predicted octanol–water partition coefficient (Wildman–Crippen LogP) is 5.00. The van der Waals surface area contributed by atoms with Crippen LogP contribution in [-0.2, 0) is 25.2 Å². The summed E-state index contributed by atoms with van der Waals surface area (Å²) in [6.45, 7) is 12.2. The first-order valence-corrected chi connectivity index (χ1v) is 21.2. The minimum atomic E-state index is -1.38. The molecule has 1 aliphatic rings. The van der Waals surface area contributed by atoms with E-state index in [9.17, 15) is 38.8 Å². The van der Waals surface area contributed by atoms with E-state index in [2.05, 4.69) is 30.7 Å². The van der Waals surface area contributed by atoms with Crippen molar-refractivity contribution < 1.29 is 73.1 Å². The molecule has 3 N–H and O–H groups in total. The molecule has 348 valence electrons. The van der Waals surface area contributed by atoms with Crippen molar-refractivity contribution in [2.75, 3.05) is 0 Å². The van der Waals surface area contributed by atoms with Gasteiger partial charge in [-0.15, -0.1) is 0 Å². The number of rotatable bonds is 12. The van der Waals surface area contributed by atoms with Gasteiger partial charge in [-0.05, 0) is 84.9 Å². The first-order valence-electron chi connectivity index (χ1n) is 21.2. The molecule has 4 atom stereocenters. The maximum atomic E-state index is 13.6. The number of ether oxygens (including phenoxy) is 1. The van der Waals surface area contributed by atoms with Gasteiger partial charge in [0.1, 0.15) is 29.4 Å². The fourth-order valence-corrected chi connectivity index (χ4v) is 7.33. The molecule has 1 fully saturated rings. The van der Waals surface area contributed by atoms with Crippen molar-refractivity contribution in [2.45, 2.75) is 110 Å². The number of hydrogen-bond acceptors (Lipinski definition) is 11. The van der Waals surface area contributed by atoms with Crippen LogP contribution in [-0.4, -0.2) is 80.7 Å². The number of aliphatic hydroxyl groups excluding tert-OH is 3. The summed E-state index contributed by atoms with van der Waals surface area (Å²) < 4.78 is 36.3. The summed E-state index contributed by atoms with van der Waals surface area (Å²) >= 11 is 0. The third-order valence-electron chi connectivity index (χ3n) is 10.3. The second kappa shape index (κ2) is 23.4. The smallest absolute Gasteiger partial charge is 0.550 e. The quantitative estimate of drug-likeness (QED) is 0.111. The molecule has 13 nitrogen and oxygen atoms in total. The maximum Gasteiger partial charge on any atom is 1.00 e. The van der Waals surface area contributed by atoms with Crippen LogP contribution in [0.25, 0.3) is 57.4 Å². The van der Waals surface area contributed by atoms with Gasteiger partial charge in [0, 0.05) is 95.5 Å². The van der Waals surface area contributed by atoms with E-state index in [0.29, 0.717) is 23.6 Å². The minimum absolute atomic E-state index is 0. The van der Waals surface area contributed by atoms with E-state index in [-0.39, 0.29) is 72.3 Å². The third kappa shape index (κ3) is 14.2. The number of imidazole rings is 2. The van der Waals surface area contributed by atoms with Gasteiger partial charge in [-0.3, -0.25) is 14.8 Å². The summed E-state index contributed by atoms with van der Waals surface area (Å²) in [5.41, 5.74) is 5.44. The van der Waals surface area contributed by atoms with Gasteiger partial charge < -0.3 is 39.1 Å². The average molecular weight is 927 g/mol. The fraction of sp³-hybridized carbons (Fsp3) is 0.333. The Morgan fingerprint density at radius 3 is 1.60 bits per heavy atom. The van der Waals surface area contributed by atoms with Crippen LogP contribution in [0.2, 0.25) is 0 Å². The topological polar surface area (TPSA) is 189 Å². The van der Waals surface area contributed by atoms with Crippen molar-refractivity contribution in [2.24, 2.45) is 0 Å². The number of aromatic nitrogens is 6. The van der Waals surface area contributed by atoms with E-state index >= 15 is 0 Å². The number of esters is 1. The van der Waals surface area contributed by atoms with Crippen molar-refractivity contribution >= 4 is 24.3 Å². The Morgan fingerprint density at radius 2 is 1.19 bits per heavy atom. The Bertz CT molecular complexity index is 2620. The van der Waals surface area contributed by atoms with Crippen molar-refractivity contribution in [3.05, 3.63) is 133 Å². The molecule has 16 heteroatoms. The number of carboxylic acid groups (broad SMARTS) is 1. The zero-order valence-corrected chi connectivity index (χ0v) is 40.1. The Hall–Kier alpha value is -5.68. The molecular formula is C51H57F2N6NaO7. The van der Waals surface area contributed by atoms with Crippen molar-refractivity contribution in [1.29, 1.82) is 0 Å². The molecule has 2 aromatic carbocycles. The summed E-state index contributed by atoms with van der Waals surface area (Å²) in [6.07, 6.45) is 9.58. The summed E-state index contributed by atoms with van der Waals surface area (Å²) in [7, 11) is 0. The number of aliphatic hydroxyl groups is 3. The van der Waals surface area contributed by atoms with E-state index < -0.39 is 42.8 Å². The van der Waals surface area contributed by atoms with Crippen LogP contribution in [0.4, 0.5) is 8.78 Å². The Morgan fingerprint density at radius 1 is 0.761 bits per heavy atom. The Balaban J connectivity index is 0.000000284. The van der Waals surface area contributed by atoms with Gasteiger partial charge in [-0.1, -0.05) is 49.0 Å². The molecule has 0 amide bonds. The number of pyridine rings is 2. The number of nitrogens with zero attached hydrogens (tertiary/aromatic N) is 6. The van der Waals surface area contributed by atoms with E-state index in [0.717, 1.165) is 39.5 Å². The van der Waals surface area contributed by atoms with Crippen LogP contribution in [0.5, 0.6) is 0 Å². The van der Waals surface area contributed by atoms with Crippen LogP contribution >= 0.6 is 0 Å². The predicted molar refractivity (Wildman–Crippen MR) is 248 cm³/mol. The zero-order chi connectivity index (χ0) is 47.1. The largest absolute Gasteiger partial charge is 1.00 e. The van der Waals surface area contributed by atoms with E-state index in [1.54, 1.807) is 61.3 Å². The summed E-state index contributed by atoms with van der Waals surface area (Å²) in [6, 6.07) is 19.8. The molecule has 7 rings (SSSR count). The van der Waals surface area contributed by atoms with Gasteiger partial charge in [-0.2, -0.15) is 0 Å². The second-order valence-electron chi connectivity index (χ2n) is 17.8. The molecule has 0 unspecified atom stereocenters. The van der Waals surface area contributed by atoms with Crippen LogP contribution in [0.15, 0.2) is 110 Å². The molecule has 5 heterocycles. The third-order valence-corrected chi connectivity index (χ3v) is 10.3. The number of carbonyl (C=O) groups excluding carboxylic acids is 2. The maximum absolute atomic E-state index is 13.6. The normalized spacial score (nSPS) is 16.1. The fourth-order valence-electron chi connectivity index (χ4n) is 7.33. The van der Waals surface area contributed by atoms with Gasteiger partial charge in [-0.25, -0.2) is 18.7 Å². The van der Waals surface area contributed by atoms with Crippen molar-refractivity contribution in [3.8, 4) is 45.0 Å². The average Bonchev–Trinajstić information content (AvgIpc) is 3.83. The number of carboxylic acids is 1. The van der Waals surface area contributed by atoms with Crippen LogP contribution in [0.1, 0.15) is 86.3 Å². The van der Waals surface area contributed by atoms with Crippen molar-refractivity contribution in [3.63, 3.8) is 0 Å². The Kier molecular flexibility index (Phi) is 18.8. The second-order valence-corrected chi connectivity index (χ2v) is 17.8. The molecule has 0 bridgehead atoms. The van der Waals surface area contributed by atoms with Crippen LogP contribution in [0.3, 0.4) is 0 Å². The minimum Gasteiger partial charge on any atom is -0.550 e. The van der Waals surface area contributed by atoms with Gasteiger partial charge in [0.05, 0.1) is 47.5 Å². The number of carbonyl (C=O) groups is 2. The zero-order valence-electron chi connectivity index (χ0n) is 38.1. The molecule has 1 saturated heterocycles. The van der Waals surface area contributed by atoms with E-state index in [1.165, 1.54) is 30.3 Å². The van der Waals surface area contributed by atoms with E-state index in [4.69, 9.17) is 14.7 Å². The summed E-state index contributed by atoms with van der Waals surface area (Å²) in [5.74, 6) is -0.964. The Labute approximate surface area is 412 Å². The van der Waals surface area contributed by atoms with Gasteiger partial charge in [0.2, 0.25) is 0 Å². The number of aliphatic carboxylic acids is 1. The van der Waals surface area contributed by atoms with Gasteiger partial charge >= 0.3 is 35.5 Å². The SMILES string of the molecule is C.CC(C)(C)c1nc(-c2ccc(F)cc2)c(-c2ccncc2)n1/C=C/[C@@H](O)C[C@@H](O)CC(=O)[O-].CC(C)(C)c1nc(-c2ccc(F)cc2)c(-c2ccncc2)n1/C=C/[C@@H]1C[C@@H](O)CC(=O)O1.[Na+]. The van der Waals surface area contributed by atoms with Crippen LogP contribution in [0, 0.1) is 11.6 Å². The molecule has 4 aromatic heterocycles. The van der Waals surface area contributed by atoms with Gasteiger partial charge in [0.15, 0.2) is 0 Å². The number of benzene rings is 2. The number of hydrogen-bond donors (Lipinski definition) is 3. The van der Waals surface area contributed by atoms with Crippen LogP contribution < -0.4 is 34.7 Å². The first kappa shape index (κ1) is 53.9. The molecule has 1 aliphatic heterocycles. The molecule has 0 aliphatic carbocycles. The molecule has 0 radical (unpaired) electrons. The summed E-state index contributed by atoms with van der Waals surface area (Å²) in [5, 5.41) is 40.8. The summed E-state index contributed by atoms with van der Waals surface area (Å²) in [4.78, 5) is 40.5. The van der Waals surface area contributed by atoms with E-state index in [1.807, 2.05) is 60.4 Å². The molecule has 0 spiro atoms. The monoisotopic (exact) mass is 926 g/mol. The molecule has 6 aromatic rings. The van der Waals surface area contributed by atoms with Crippen molar-refractivity contribution in [1.82, 2.24) is 29.1 Å². The van der Waals surface area contributed by atoms with Gasteiger partial charge in [0.25, 0.3) is 0 Å².